The summed E-state index contributed by atoms with van der Waals surface area (Å²) >= 11 is 0. The molecule has 0 fully saturated rings. The molecule has 0 atom stereocenters. The van der Waals surface area contributed by atoms with Gasteiger partial charge in [0.1, 0.15) is 19.2 Å². The zero-order valence-corrected chi connectivity index (χ0v) is 16.7. The minimum atomic E-state index is -4.66. The first-order valence-electron chi connectivity index (χ1n) is 9.32. The Kier molecular flexibility index (Phi) is 5.76. The van der Waals surface area contributed by atoms with Crippen LogP contribution in [-0.2, 0) is 23.7 Å². The lowest BCUT2D eigenvalue weighted by atomic mass is 10.1. The van der Waals surface area contributed by atoms with Gasteiger partial charge in [0.2, 0.25) is 11.7 Å². The molecule has 4 aromatic rings. The summed E-state index contributed by atoms with van der Waals surface area (Å²) in [5.41, 5.74) is -1.98. The molecule has 0 saturated heterocycles. The van der Waals surface area contributed by atoms with E-state index >= 15 is 0 Å². The van der Waals surface area contributed by atoms with Crippen molar-refractivity contribution in [2.75, 3.05) is 5.32 Å². The molecule has 0 radical (unpaired) electrons. The lowest BCUT2D eigenvalue weighted by molar-refractivity contribution is -0.138. The molecule has 4 rings (SSSR count). The van der Waals surface area contributed by atoms with Gasteiger partial charge in [-0.15, -0.1) is 10.2 Å². The van der Waals surface area contributed by atoms with Crippen LogP contribution >= 0.6 is 0 Å². The average molecular weight is 482 g/mol. The molecule has 34 heavy (non-hydrogen) atoms. The van der Waals surface area contributed by atoms with Crippen molar-refractivity contribution in [3.8, 4) is 17.1 Å². The van der Waals surface area contributed by atoms with Gasteiger partial charge in [-0.2, -0.15) is 36.2 Å². The molecular weight excluding hydrogens is 470 g/mol. The molecule has 0 saturated carbocycles. The Balaban J connectivity index is 1.55. The molecular formula is C19H12F6N8O. The van der Waals surface area contributed by atoms with Crippen molar-refractivity contribution < 1.29 is 31.1 Å². The summed E-state index contributed by atoms with van der Waals surface area (Å²) in [6, 6.07) is 6.89. The minimum Gasteiger partial charge on any atom is -0.323 e. The summed E-state index contributed by atoms with van der Waals surface area (Å²) in [5.74, 6) is -0.977. The van der Waals surface area contributed by atoms with Crippen LogP contribution in [0.4, 0.5) is 32.0 Å². The fourth-order valence-electron chi connectivity index (χ4n) is 2.92. The predicted octanol–water partition coefficient (Wildman–Crippen LogP) is 3.60. The molecule has 2 aromatic carbocycles. The summed E-state index contributed by atoms with van der Waals surface area (Å²) < 4.78 is 79.3. The highest BCUT2D eigenvalue weighted by molar-refractivity contribution is 5.92. The van der Waals surface area contributed by atoms with E-state index in [1.165, 1.54) is 18.5 Å². The molecule has 0 unspecified atom stereocenters. The molecule has 0 aliphatic heterocycles. The van der Waals surface area contributed by atoms with Gasteiger partial charge >= 0.3 is 12.4 Å². The van der Waals surface area contributed by atoms with E-state index in [0.717, 1.165) is 46.1 Å². The number of alkyl halides is 6. The van der Waals surface area contributed by atoms with Crippen molar-refractivity contribution in [2.45, 2.75) is 18.9 Å². The molecule has 176 valence electrons. The SMILES string of the molecule is O=C(Cn1nnc(-c2cccc(C(F)(F)F)c2)n1)Nc1cc(C(F)(F)F)ccc1-n1cncn1. The number of rotatable bonds is 5. The quantitative estimate of drug-likeness (QED) is 0.436. The number of hydrogen-bond donors (Lipinski definition) is 1. The van der Waals surface area contributed by atoms with E-state index in [0.29, 0.717) is 0 Å². The van der Waals surface area contributed by atoms with Gasteiger partial charge in [-0.1, -0.05) is 12.1 Å². The van der Waals surface area contributed by atoms with Gasteiger partial charge in [0, 0.05) is 5.56 Å². The Labute approximate surface area is 186 Å². The number of aromatic nitrogens is 7. The van der Waals surface area contributed by atoms with Crippen LogP contribution < -0.4 is 5.32 Å². The van der Waals surface area contributed by atoms with Crippen molar-refractivity contribution >= 4 is 11.6 Å². The molecule has 0 aliphatic carbocycles. The van der Waals surface area contributed by atoms with Crippen molar-refractivity contribution in [3.63, 3.8) is 0 Å². The van der Waals surface area contributed by atoms with Gasteiger partial charge in [-0.3, -0.25) is 4.79 Å². The number of nitrogens with zero attached hydrogens (tertiary/aromatic N) is 7. The summed E-state index contributed by atoms with van der Waals surface area (Å²) in [5, 5.41) is 17.3. The first kappa shape index (κ1) is 22.9. The van der Waals surface area contributed by atoms with Crippen molar-refractivity contribution in [3.05, 3.63) is 66.2 Å². The van der Waals surface area contributed by atoms with Crippen molar-refractivity contribution in [1.82, 2.24) is 35.0 Å². The van der Waals surface area contributed by atoms with Crippen LogP contribution in [0.15, 0.2) is 55.1 Å². The lowest BCUT2D eigenvalue weighted by Gasteiger charge is -2.14. The van der Waals surface area contributed by atoms with Crippen molar-refractivity contribution in [1.29, 1.82) is 0 Å². The maximum absolute atomic E-state index is 13.1. The maximum atomic E-state index is 13.1. The fourth-order valence-corrected chi connectivity index (χ4v) is 2.92. The Hall–Kier alpha value is -4.30. The topological polar surface area (TPSA) is 103 Å². The van der Waals surface area contributed by atoms with Crippen LogP contribution in [0.25, 0.3) is 17.1 Å². The van der Waals surface area contributed by atoms with E-state index < -0.39 is 35.9 Å². The van der Waals surface area contributed by atoms with Crippen LogP contribution in [0.3, 0.4) is 0 Å². The number of carbonyl (C=O) groups excluding carboxylic acids is 1. The second kappa shape index (κ2) is 8.57. The van der Waals surface area contributed by atoms with Gasteiger partial charge in [-0.25, -0.2) is 9.67 Å². The Morgan fingerprint density at radius 1 is 0.971 bits per heavy atom. The van der Waals surface area contributed by atoms with Crippen LogP contribution in [0, 0.1) is 0 Å². The van der Waals surface area contributed by atoms with E-state index in [9.17, 15) is 31.1 Å². The molecule has 2 aromatic heterocycles. The number of benzene rings is 2. The molecule has 0 aliphatic rings. The standard InChI is InChI=1S/C19H12F6N8O/c20-18(21,22)12-3-1-2-11(6-12)17-29-31-33(30-17)8-16(34)28-14-7-13(19(23,24)25)4-5-15(14)32-10-26-9-27-32/h1-7,9-10H,8H2,(H,28,34). The van der Waals surface area contributed by atoms with Crippen LogP contribution in [-0.4, -0.2) is 40.9 Å². The Morgan fingerprint density at radius 2 is 1.71 bits per heavy atom. The van der Waals surface area contributed by atoms with Crippen LogP contribution in [0.2, 0.25) is 0 Å². The summed E-state index contributed by atoms with van der Waals surface area (Å²) in [6.45, 7) is -0.570. The molecule has 0 bridgehead atoms. The fraction of sp³-hybridized carbons (Fsp3) is 0.158. The smallest absolute Gasteiger partial charge is 0.323 e. The van der Waals surface area contributed by atoms with E-state index in [4.69, 9.17) is 0 Å². The van der Waals surface area contributed by atoms with Gasteiger partial charge in [0.25, 0.3) is 0 Å². The third kappa shape index (κ3) is 5.02. The third-order valence-electron chi connectivity index (χ3n) is 4.45. The third-order valence-corrected chi connectivity index (χ3v) is 4.45. The molecule has 9 nitrogen and oxygen atoms in total. The highest BCUT2D eigenvalue weighted by Crippen LogP contribution is 2.33. The molecule has 0 spiro atoms. The van der Waals surface area contributed by atoms with E-state index in [1.807, 2.05) is 0 Å². The molecule has 1 amide bonds. The Bertz CT molecular complexity index is 1310. The van der Waals surface area contributed by atoms with E-state index in [1.54, 1.807) is 0 Å². The number of anilines is 1. The van der Waals surface area contributed by atoms with Gasteiger partial charge in [-0.05, 0) is 35.5 Å². The maximum Gasteiger partial charge on any atom is 0.416 e. The van der Waals surface area contributed by atoms with E-state index in [-0.39, 0.29) is 22.8 Å². The van der Waals surface area contributed by atoms with Gasteiger partial charge in [0.05, 0.1) is 22.5 Å². The summed E-state index contributed by atoms with van der Waals surface area (Å²) in [7, 11) is 0. The number of halogens is 6. The van der Waals surface area contributed by atoms with Gasteiger partial charge in [0.15, 0.2) is 0 Å². The van der Waals surface area contributed by atoms with Crippen LogP contribution in [0.5, 0.6) is 0 Å². The van der Waals surface area contributed by atoms with Gasteiger partial charge < -0.3 is 5.32 Å². The monoisotopic (exact) mass is 482 g/mol. The minimum absolute atomic E-state index is 0.0211. The number of carbonyl (C=O) groups is 1. The Morgan fingerprint density at radius 3 is 2.38 bits per heavy atom. The number of nitrogens with one attached hydrogen (secondary N) is 1. The number of amides is 1. The molecule has 2 heterocycles. The van der Waals surface area contributed by atoms with E-state index in [2.05, 4.69) is 30.8 Å². The first-order chi connectivity index (χ1) is 16.0. The largest absolute Gasteiger partial charge is 0.416 e. The van der Waals surface area contributed by atoms with Crippen LogP contribution in [0.1, 0.15) is 11.1 Å². The molecule has 1 N–H and O–H groups in total. The zero-order chi connectivity index (χ0) is 24.5. The number of hydrogen-bond acceptors (Lipinski definition) is 6. The lowest BCUT2D eigenvalue weighted by Crippen LogP contribution is -2.22. The first-order valence-corrected chi connectivity index (χ1v) is 9.32. The second-order valence-corrected chi connectivity index (χ2v) is 6.84. The zero-order valence-electron chi connectivity index (χ0n) is 16.7. The predicted molar refractivity (Wildman–Crippen MR) is 103 cm³/mol. The summed E-state index contributed by atoms with van der Waals surface area (Å²) in [6.07, 6.45) is -6.83. The second-order valence-electron chi connectivity index (χ2n) is 6.84. The molecule has 15 heteroatoms. The highest BCUT2D eigenvalue weighted by Gasteiger charge is 2.32. The number of tetrazole rings is 1. The van der Waals surface area contributed by atoms with Crippen molar-refractivity contribution in [2.24, 2.45) is 0 Å². The normalized spacial score (nSPS) is 12.1. The average Bonchev–Trinajstić information content (AvgIpc) is 3.45. The highest BCUT2D eigenvalue weighted by atomic mass is 19.4. The summed E-state index contributed by atoms with van der Waals surface area (Å²) in [4.78, 5) is 17.0.